The lowest BCUT2D eigenvalue weighted by molar-refractivity contribution is -0.113. The highest BCUT2D eigenvalue weighted by atomic mass is 35.5. The van der Waals surface area contributed by atoms with Crippen LogP contribution in [0.3, 0.4) is 0 Å². The summed E-state index contributed by atoms with van der Waals surface area (Å²) in [5, 5.41) is 4.14. The van der Waals surface area contributed by atoms with Crippen LogP contribution < -0.4 is 10.9 Å². The number of carbonyl (C=O) groups is 2. The molecule has 1 saturated heterocycles. The number of aryl methyl sites for hydroxylation is 1. The van der Waals surface area contributed by atoms with E-state index in [2.05, 4.69) is 10.3 Å². The largest absolute Gasteiger partial charge is 0.465 e. The fourth-order valence-corrected chi connectivity index (χ4v) is 4.70. The Hall–Kier alpha value is -2.88. The predicted octanol–water partition coefficient (Wildman–Crippen LogP) is 4.05. The van der Waals surface area contributed by atoms with Crippen LogP contribution >= 0.6 is 23.4 Å². The Morgan fingerprint density at radius 1 is 1.29 bits per heavy atom. The van der Waals surface area contributed by atoms with Crippen LogP contribution in [-0.4, -0.2) is 47.0 Å². The molecule has 1 aromatic heterocycles. The summed E-state index contributed by atoms with van der Waals surface area (Å²) in [7, 11) is 1.29. The molecule has 0 spiro atoms. The van der Waals surface area contributed by atoms with Gasteiger partial charge in [-0.2, -0.15) is 0 Å². The minimum atomic E-state index is -0.516. The fraction of sp³-hybridized carbons (Fsp3) is 0.333. The van der Waals surface area contributed by atoms with Gasteiger partial charge in [0, 0.05) is 17.3 Å². The Morgan fingerprint density at radius 3 is 2.82 bits per heavy atom. The Balaban J connectivity index is 1.62. The number of esters is 1. The lowest BCUT2D eigenvalue weighted by Gasteiger charge is -2.16. The van der Waals surface area contributed by atoms with Gasteiger partial charge in [-0.1, -0.05) is 29.4 Å². The molecule has 0 radical (unpaired) electrons. The summed E-state index contributed by atoms with van der Waals surface area (Å²) in [4.78, 5) is 42.5. The number of halogens is 1. The zero-order chi connectivity index (χ0) is 24.2. The molecule has 1 N–H and O–H groups in total. The van der Waals surface area contributed by atoms with E-state index in [1.165, 1.54) is 13.2 Å². The lowest BCUT2D eigenvalue weighted by atomic mass is 10.1. The molecule has 1 amide bonds. The number of fused-ring (bicyclic) bond motifs is 1. The highest BCUT2D eigenvalue weighted by Gasteiger charge is 2.21. The van der Waals surface area contributed by atoms with Crippen LogP contribution in [0.25, 0.3) is 10.9 Å². The number of thioether (sulfide) groups is 1. The predicted molar refractivity (Wildman–Crippen MR) is 132 cm³/mol. The number of anilines is 1. The molecule has 34 heavy (non-hydrogen) atoms. The van der Waals surface area contributed by atoms with Gasteiger partial charge in [0.05, 0.1) is 42.0 Å². The van der Waals surface area contributed by atoms with Crippen molar-refractivity contribution >= 4 is 51.8 Å². The van der Waals surface area contributed by atoms with Crippen LogP contribution in [0.1, 0.15) is 28.8 Å². The topological polar surface area (TPSA) is 99.5 Å². The molecule has 10 heteroatoms. The Morgan fingerprint density at radius 2 is 2.12 bits per heavy atom. The standard InChI is InChI=1S/C24H24ClN3O5S/c1-14-5-7-16(11-19(14)25)26-21(29)13-34-24-27-20-10-15(23(31)32-2)6-8-18(20)22(30)28(24)12-17-4-3-9-33-17/h5-8,10-11,17H,3-4,9,12-13H2,1-2H3,(H,26,29)/t17-/m1/s1. The Kier molecular flexibility index (Phi) is 7.55. The third-order valence-corrected chi connectivity index (χ3v) is 6.92. The lowest BCUT2D eigenvalue weighted by Crippen LogP contribution is -2.29. The number of benzene rings is 2. The van der Waals surface area contributed by atoms with Crippen LogP contribution in [0.5, 0.6) is 0 Å². The van der Waals surface area contributed by atoms with Gasteiger partial charge in [0.1, 0.15) is 0 Å². The van der Waals surface area contributed by atoms with Gasteiger partial charge >= 0.3 is 5.97 Å². The number of hydrogen-bond donors (Lipinski definition) is 1. The number of amides is 1. The minimum absolute atomic E-state index is 0.0334. The zero-order valence-electron chi connectivity index (χ0n) is 18.8. The van der Waals surface area contributed by atoms with Crippen molar-refractivity contribution in [1.82, 2.24) is 9.55 Å². The van der Waals surface area contributed by atoms with E-state index in [-0.39, 0.29) is 23.3 Å². The molecule has 2 heterocycles. The van der Waals surface area contributed by atoms with E-state index in [1.54, 1.807) is 28.8 Å². The van der Waals surface area contributed by atoms with E-state index >= 15 is 0 Å². The average molecular weight is 502 g/mol. The van der Waals surface area contributed by atoms with Crippen LogP contribution in [0.4, 0.5) is 5.69 Å². The molecular weight excluding hydrogens is 478 g/mol. The molecule has 3 aromatic rings. The first-order valence-electron chi connectivity index (χ1n) is 10.8. The van der Waals surface area contributed by atoms with E-state index in [0.29, 0.717) is 45.5 Å². The van der Waals surface area contributed by atoms with E-state index in [1.807, 2.05) is 13.0 Å². The number of nitrogens with one attached hydrogen (secondary N) is 1. The van der Waals surface area contributed by atoms with E-state index in [4.69, 9.17) is 21.1 Å². The van der Waals surface area contributed by atoms with Gasteiger partial charge in [-0.05, 0) is 55.7 Å². The van der Waals surface area contributed by atoms with Crippen LogP contribution in [-0.2, 0) is 20.8 Å². The van der Waals surface area contributed by atoms with Gasteiger partial charge in [0.25, 0.3) is 5.56 Å². The van der Waals surface area contributed by atoms with Crippen molar-refractivity contribution in [3.05, 3.63) is 62.9 Å². The SMILES string of the molecule is COC(=O)c1ccc2c(=O)n(C[C@H]3CCCO3)c(SCC(=O)Nc3ccc(C)c(Cl)c3)nc2c1. The summed E-state index contributed by atoms with van der Waals surface area (Å²) in [5.41, 5.74) is 1.92. The second-order valence-electron chi connectivity index (χ2n) is 7.97. The van der Waals surface area contributed by atoms with E-state index < -0.39 is 5.97 Å². The van der Waals surface area contributed by atoms with Crippen LogP contribution in [0.15, 0.2) is 46.3 Å². The summed E-state index contributed by atoms with van der Waals surface area (Å²) < 4.78 is 12.0. The first kappa shape index (κ1) is 24.3. The van der Waals surface area contributed by atoms with Gasteiger partial charge in [-0.3, -0.25) is 14.2 Å². The monoisotopic (exact) mass is 501 g/mol. The maximum atomic E-state index is 13.3. The summed E-state index contributed by atoms with van der Waals surface area (Å²) >= 11 is 7.29. The number of hydrogen-bond acceptors (Lipinski definition) is 7. The quantitative estimate of drug-likeness (QED) is 0.296. The number of aromatic nitrogens is 2. The van der Waals surface area contributed by atoms with Crippen LogP contribution in [0, 0.1) is 6.92 Å². The smallest absolute Gasteiger partial charge is 0.337 e. The number of nitrogens with zero attached hydrogens (tertiary/aromatic N) is 2. The average Bonchev–Trinajstić information content (AvgIpc) is 3.34. The first-order valence-corrected chi connectivity index (χ1v) is 12.2. The van der Waals surface area contributed by atoms with Crippen LogP contribution in [0.2, 0.25) is 5.02 Å². The molecule has 0 bridgehead atoms. The highest BCUT2D eigenvalue weighted by Crippen LogP contribution is 2.23. The van der Waals surface area contributed by atoms with Gasteiger partial charge in [0.15, 0.2) is 5.16 Å². The molecule has 1 atom stereocenters. The molecular formula is C24H24ClN3O5S. The first-order chi connectivity index (χ1) is 16.4. The normalized spacial score (nSPS) is 15.4. The van der Waals surface area contributed by atoms with E-state index in [0.717, 1.165) is 30.2 Å². The van der Waals surface area contributed by atoms with Crippen molar-refractivity contribution in [2.24, 2.45) is 0 Å². The fourth-order valence-electron chi connectivity index (χ4n) is 3.71. The molecule has 0 saturated carbocycles. The molecule has 4 rings (SSSR count). The molecule has 178 valence electrons. The van der Waals surface area contributed by atoms with Gasteiger partial charge in [-0.15, -0.1) is 0 Å². The zero-order valence-corrected chi connectivity index (χ0v) is 20.4. The summed E-state index contributed by atoms with van der Waals surface area (Å²) in [5.74, 6) is -0.741. The van der Waals surface area contributed by atoms with E-state index in [9.17, 15) is 14.4 Å². The molecule has 1 aliphatic heterocycles. The van der Waals surface area contributed by atoms with Gasteiger partial charge in [0.2, 0.25) is 5.91 Å². The second-order valence-corrected chi connectivity index (χ2v) is 9.32. The number of ether oxygens (including phenoxy) is 2. The summed E-state index contributed by atoms with van der Waals surface area (Å²) in [6, 6.07) is 9.94. The summed E-state index contributed by atoms with van der Waals surface area (Å²) in [6.45, 7) is 2.89. The number of carbonyl (C=O) groups excluding carboxylic acids is 2. The second kappa shape index (κ2) is 10.6. The van der Waals surface area contributed by atoms with Gasteiger partial charge in [-0.25, -0.2) is 9.78 Å². The molecule has 0 aliphatic carbocycles. The third kappa shape index (κ3) is 5.43. The van der Waals surface area contributed by atoms with Crippen molar-refractivity contribution in [3.8, 4) is 0 Å². The van der Waals surface area contributed by atoms with Crippen molar-refractivity contribution < 1.29 is 19.1 Å². The Labute approximate surface area is 205 Å². The molecule has 0 unspecified atom stereocenters. The van der Waals surface area contributed by atoms with Crippen molar-refractivity contribution in [2.75, 3.05) is 24.8 Å². The number of methoxy groups -OCH3 is 1. The molecule has 2 aromatic carbocycles. The van der Waals surface area contributed by atoms with Gasteiger partial charge < -0.3 is 14.8 Å². The van der Waals surface area contributed by atoms with Crippen molar-refractivity contribution in [2.45, 2.75) is 37.6 Å². The molecule has 8 nitrogen and oxygen atoms in total. The number of rotatable bonds is 7. The maximum Gasteiger partial charge on any atom is 0.337 e. The summed E-state index contributed by atoms with van der Waals surface area (Å²) in [6.07, 6.45) is 1.70. The Bertz CT molecular complexity index is 1300. The maximum absolute atomic E-state index is 13.3. The highest BCUT2D eigenvalue weighted by molar-refractivity contribution is 7.99. The molecule has 1 aliphatic rings. The molecule has 1 fully saturated rings. The van der Waals surface area contributed by atoms with Crippen molar-refractivity contribution in [3.63, 3.8) is 0 Å². The minimum Gasteiger partial charge on any atom is -0.465 e. The van der Waals surface area contributed by atoms with Crippen molar-refractivity contribution in [1.29, 1.82) is 0 Å². The third-order valence-electron chi connectivity index (χ3n) is 5.54.